The lowest BCUT2D eigenvalue weighted by Gasteiger charge is -1.97. The Morgan fingerprint density at radius 1 is 1.79 bits per heavy atom. The molecule has 14 heavy (non-hydrogen) atoms. The van der Waals surface area contributed by atoms with Crippen LogP contribution in [0.1, 0.15) is 18.2 Å². The van der Waals surface area contributed by atoms with Crippen LogP contribution in [-0.4, -0.2) is 16.3 Å². The summed E-state index contributed by atoms with van der Waals surface area (Å²) in [6.07, 6.45) is 4.31. The van der Waals surface area contributed by atoms with Gasteiger partial charge in [0, 0.05) is 11.9 Å². The summed E-state index contributed by atoms with van der Waals surface area (Å²) in [6.45, 7) is 2.05. The van der Waals surface area contributed by atoms with Crippen molar-refractivity contribution >= 4 is 23.5 Å². The number of hydrogen-bond acceptors (Lipinski definition) is 3. The van der Waals surface area contributed by atoms with Crippen LogP contribution in [0.25, 0.3) is 0 Å². The Kier molecular flexibility index (Phi) is 4.00. The van der Waals surface area contributed by atoms with Crippen LogP contribution in [0.3, 0.4) is 0 Å². The van der Waals surface area contributed by atoms with E-state index in [1.807, 2.05) is 12.1 Å². The number of nitrogens with zero attached hydrogens (tertiary/aromatic N) is 2. The second kappa shape index (κ2) is 5.29. The molecule has 0 aliphatic rings. The van der Waals surface area contributed by atoms with Crippen LogP contribution in [0.2, 0.25) is 0 Å². The van der Waals surface area contributed by atoms with Crippen LogP contribution < -0.4 is 11.2 Å². The summed E-state index contributed by atoms with van der Waals surface area (Å²) < 4.78 is 0. The molecule has 0 unspecified atom stereocenters. The molecule has 74 valence electrons. The van der Waals surface area contributed by atoms with Gasteiger partial charge in [0.25, 0.3) is 0 Å². The number of thiocarbonyl (C=S) groups is 1. The minimum atomic E-state index is 0.158. The first-order chi connectivity index (χ1) is 6.72. The highest BCUT2D eigenvalue weighted by atomic mass is 32.1. The Morgan fingerprint density at radius 3 is 3.21 bits per heavy atom. The molecule has 5 heteroatoms. The van der Waals surface area contributed by atoms with E-state index in [1.165, 1.54) is 0 Å². The smallest absolute Gasteiger partial charge is 0.184 e. The van der Waals surface area contributed by atoms with E-state index in [4.69, 9.17) is 5.73 Å². The molecule has 1 heterocycles. The SMILES string of the molecule is CCc1cc(/C=N\NC(N)=S)ccn1. The number of hydrazone groups is 1. The van der Waals surface area contributed by atoms with Crippen molar-refractivity contribution in [2.24, 2.45) is 10.8 Å². The number of nitrogens with two attached hydrogens (primary N) is 1. The Labute approximate surface area is 88.2 Å². The number of rotatable bonds is 3. The van der Waals surface area contributed by atoms with Gasteiger partial charge in [0.1, 0.15) is 0 Å². The van der Waals surface area contributed by atoms with Crippen LogP contribution in [0.4, 0.5) is 0 Å². The summed E-state index contributed by atoms with van der Waals surface area (Å²) in [4.78, 5) is 4.17. The average Bonchev–Trinajstić information content (AvgIpc) is 2.18. The molecule has 4 nitrogen and oxygen atoms in total. The topological polar surface area (TPSA) is 63.3 Å². The van der Waals surface area contributed by atoms with E-state index in [0.717, 1.165) is 17.7 Å². The molecule has 1 aromatic heterocycles. The maximum Gasteiger partial charge on any atom is 0.184 e. The highest BCUT2D eigenvalue weighted by molar-refractivity contribution is 7.80. The van der Waals surface area contributed by atoms with Gasteiger partial charge < -0.3 is 5.73 Å². The van der Waals surface area contributed by atoms with Gasteiger partial charge in [-0.15, -0.1) is 0 Å². The first kappa shape index (κ1) is 10.6. The average molecular weight is 208 g/mol. The largest absolute Gasteiger partial charge is 0.375 e. The summed E-state index contributed by atoms with van der Waals surface area (Å²) >= 11 is 4.60. The third-order valence-electron chi connectivity index (χ3n) is 1.59. The van der Waals surface area contributed by atoms with Crippen molar-refractivity contribution in [2.75, 3.05) is 0 Å². The molecular weight excluding hydrogens is 196 g/mol. The maximum atomic E-state index is 5.21. The van der Waals surface area contributed by atoms with Gasteiger partial charge in [0.15, 0.2) is 5.11 Å². The van der Waals surface area contributed by atoms with Gasteiger partial charge in [-0.1, -0.05) is 6.92 Å². The third kappa shape index (κ3) is 3.49. The van der Waals surface area contributed by atoms with Gasteiger partial charge in [-0.3, -0.25) is 10.4 Å². The fourth-order valence-electron chi connectivity index (χ4n) is 0.941. The van der Waals surface area contributed by atoms with E-state index >= 15 is 0 Å². The number of pyridine rings is 1. The van der Waals surface area contributed by atoms with E-state index in [0.29, 0.717) is 0 Å². The van der Waals surface area contributed by atoms with Crippen molar-refractivity contribution in [3.8, 4) is 0 Å². The molecule has 3 N–H and O–H groups in total. The summed E-state index contributed by atoms with van der Waals surface area (Å²) in [5.41, 5.74) is 9.70. The van der Waals surface area contributed by atoms with Crippen LogP contribution in [-0.2, 0) is 6.42 Å². The fourth-order valence-corrected chi connectivity index (χ4v) is 0.994. The van der Waals surface area contributed by atoms with Gasteiger partial charge in [-0.25, -0.2) is 0 Å². The van der Waals surface area contributed by atoms with E-state index in [1.54, 1.807) is 12.4 Å². The Morgan fingerprint density at radius 2 is 2.57 bits per heavy atom. The number of aryl methyl sites for hydroxylation is 1. The highest BCUT2D eigenvalue weighted by Gasteiger charge is 1.91. The molecular formula is C9H12N4S. The summed E-state index contributed by atoms with van der Waals surface area (Å²) in [6, 6.07) is 3.83. The van der Waals surface area contributed by atoms with E-state index < -0.39 is 0 Å². The lowest BCUT2D eigenvalue weighted by atomic mass is 10.2. The zero-order valence-corrected chi connectivity index (χ0v) is 8.71. The zero-order chi connectivity index (χ0) is 10.4. The molecule has 0 saturated carbocycles. The molecule has 0 aliphatic carbocycles. The second-order valence-electron chi connectivity index (χ2n) is 2.67. The Balaban J connectivity index is 2.66. The van der Waals surface area contributed by atoms with Gasteiger partial charge in [0.2, 0.25) is 0 Å². The second-order valence-corrected chi connectivity index (χ2v) is 3.11. The molecule has 0 aromatic carbocycles. The summed E-state index contributed by atoms with van der Waals surface area (Å²) in [5.74, 6) is 0. The van der Waals surface area contributed by atoms with Gasteiger partial charge in [-0.2, -0.15) is 5.10 Å². The molecule has 0 amide bonds. The minimum Gasteiger partial charge on any atom is -0.375 e. The molecule has 0 aliphatic heterocycles. The molecule has 0 saturated heterocycles. The van der Waals surface area contributed by atoms with Gasteiger partial charge in [-0.05, 0) is 36.3 Å². The lowest BCUT2D eigenvalue weighted by Crippen LogP contribution is -2.23. The van der Waals surface area contributed by atoms with E-state index in [2.05, 4.69) is 34.7 Å². The standard InChI is InChI=1S/C9H12N4S/c1-2-8-5-7(3-4-11-8)6-12-13-9(10)14/h3-6H,2H2,1H3,(H3,10,13,14)/b12-6-. The van der Waals surface area contributed by atoms with Crippen LogP contribution in [0.5, 0.6) is 0 Å². The molecule has 0 fully saturated rings. The maximum absolute atomic E-state index is 5.21. The monoisotopic (exact) mass is 208 g/mol. The highest BCUT2D eigenvalue weighted by Crippen LogP contribution is 1.99. The lowest BCUT2D eigenvalue weighted by molar-refractivity contribution is 1.03. The third-order valence-corrected chi connectivity index (χ3v) is 1.68. The zero-order valence-electron chi connectivity index (χ0n) is 7.90. The van der Waals surface area contributed by atoms with Crippen LogP contribution >= 0.6 is 12.2 Å². The van der Waals surface area contributed by atoms with Crippen molar-refractivity contribution in [3.63, 3.8) is 0 Å². The predicted octanol–water partition coefficient (Wildman–Crippen LogP) is 0.811. The number of hydrogen-bond donors (Lipinski definition) is 2. The predicted molar refractivity (Wildman–Crippen MR) is 61.1 cm³/mol. The number of nitrogens with one attached hydrogen (secondary N) is 1. The van der Waals surface area contributed by atoms with Crippen molar-refractivity contribution in [1.82, 2.24) is 10.4 Å². The van der Waals surface area contributed by atoms with E-state index in [9.17, 15) is 0 Å². The summed E-state index contributed by atoms with van der Waals surface area (Å²) in [7, 11) is 0. The summed E-state index contributed by atoms with van der Waals surface area (Å²) in [5, 5.41) is 4.01. The molecule has 0 radical (unpaired) electrons. The molecule has 0 spiro atoms. The van der Waals surface area contributed by atoms with Crippen molar-refractivity contribution in [3.05, 3.63) is 29.6 Å². The molecule has 0 atom stereocenters. The first-order valence-corrected chi connectivity index (χ1v) is 4.66. The van der Waals surface area contributed by atoms with Crippen molar-refractivity contribution in [2.45, 2.75) is 13.3 Å². The van der Waals surface area contributed by atoms with Gasteiger partial charge >= 0.3 is 0 Å². The van der Waals surface area contributed by atoms with Crippen LogP contribution in [0, 0.1) is 0 Å². The molecule has 1 aromatic rings. The molecule has 0 bridgehead atoms. The van der Waals surface area contributed by atoms with E-state index in [-0.39, 0.29) is 5.11 Å². The normalized spacial score (nSPS) is 10.4. The quantitative estimate of drug-likeness (QED) is 0.438. The van der Waals surface area contributed by atoms with Crippen molar-refractivity contribution < 1.29 is 0 Å². The van der Waals surface area contributed by atoms with Crippen LogP contribution in [0.15, 0.2) is 23.4 Å². The minimum absolute atomic E-state index is 0.158. The van der Waals surface area contributed by atoms with Crippen molar-refractivity contribution in [1.29, 1.82) is 0 Å². The van der Waals surface area contributed by atoms with Gasteiger partial charge in [0.05, 0.1) is 6.21 Å². The Hall–Kier alpha value is -1.49. The molecule has 1 rings (SSSR count). The fraction of sp³-hybridized carbons (Fsp3) is 0.222. The number of aromatic nitrogens is 1. The first-order valence-electron chi connectivity index (χ1n) is 4.26. The Bertz CT molecular complexity index is 348.